The second-order valence-corrected chi connectivity index (χ2v) is 5.56. The monoisotopic (exact) mass is 326 g/mol. The molecule has 0 amide bonds. The normalized spacial score (nSPS) is 10.5. The summed E-state index contributed by atoms with van der Waals surface area (Å²) in [6.07, 6.45) is 3.39. The third kappa shape index (κ3) is 3.98. The number of nitrogens with one attached hydrogen (secondary N) is 2. The molecule has 21 heavy (non-hydrogen) atoms. The molecular weight excluding hydrogens is 311 g/mol. The molecule has 1 aromatic carbocycles. The average molecular weight is 327 g/mol. The standard InChI is InChI=1S/C14H16ClFN4S/c1-17-12-13(15)19-8-20-14(12)18-6-9-3-4-11(16)5-10(9)7-21-2/h3-5,8,17H,6-7H2,1-2H3,(H,18,19,20). The van der Waals surface area contributed by atoms with E-state index in [0.29, 0.717) is 23.2 Å². The van der Waals surface area contributed by atoms with Crippen molar-refractivity contribution in [3.05, 3.63) is 46.6 Å². The highest BCUT2D eigenvalue weighted by Gasteiger charge is 2.09. The SMILES string of the molecule is CNc1c(Cl)ncnc1NCc1ccc(F)cc1CSC. The van der Waals surface area contributed by atoms with E-state index < -0.39 is 0 Å². The maximum atomic E-state index is 13.3. The van der Waals surface area contributed by atoms with E-state index in [1.807, 2.05) is 6.26 Å². The van der Waals surface area contributed by atoms with Gasteiger partial charge in [0.05, 0.1) is 0 Å². The maximum absolute atomic E-state index is 13.3. The van der Waals surface area contributed by atoms with Crippen LogP contribution in [0.1, 0.15) is 11.1 Å². The average Bonchev–Trinajstić information content (AvgIpc) is 2.47. The van der Waals surface area contributed by atoms with Crippen LogP contribution in [0.5, 0.6) is 0 Å². The predicted octanol–water partition coefficient (Wildman–Crippen LogP) is 3.79. The topological polar surface area (TPSA) is 49.8 Å². The van der Waals surface area contributed by atoms with Crippen molar-refractivity contribution in [3.63, 3.8) is 0 Å². The predicted molar refractivity (Wildman–Crippen MR) is 87.5 cm³/mol. The number of anilines is 2. The van der Waals surface area contributed by atoms with E-state index >= 15 is 0 Å². The highest BCUT2D eigenvalue weighted by Crippen LogP contribution is 2.26. The van der Waals surface area contributed by atoms with Gasteiger partial charge < -0.3 is 10.6 Å². The van der Waals surface area contributed by atoms with Gasteiger partial charge in [0, 0.05) is 19.3 Å². The minimum absolute atomic E-state index is 0.219. The molecule has 1 aromatic heterocycles. The summed E-state index contributed by atoms with van der Waals surface area (Å²) in [4.78, 5) is 8.09. The minimum atomic E-state index is -0.219. The number of nitrogens with zero attached hydrogens (tertiary/aromatic N) is 2. The molecule has 0 atom stereocenters. The number of thioether (sulfide) groups is 1. The van der Waals surface area contributed by atoms with E-state index in [9.17, 15) is 4.39 Å². The summed E-state index contributed by atoms with van der Waals surface area (Å²) in [6.45, 7) is 0.540. The van der Waals surface area contributed by atoms with E-state index in [2.05, 4.69) is 20.6 Å². The van der Waals surface area contributed by atoms with Crippen molar-refractivity contribution in [1.82, 2.24) is 9.97 Å². The Morgan fingerprint density at radius 1 is 1.29 bits per heavy atom. The summed E-state index contributed by atoms with van der Waals surface area (Å²) in [5.74, 6) is 1.17. The van der Waals surface area contributed by atoms with Crippen LogP contribution >= 0.6 is 23.4 Å². The first-order valence-electron chi connectivity index (χ1n) is 6.34. The molecule has 0 aliphatic carbocycles. The van der Waals surface area contributed by atoms with Gasteiger partial charge in [-0.3, -0.25) is 0 Å². The summed E-state index contributed by atoms with van der Waals surface area (Å²) >= 11 is 7.66. The van der Waals surface area contributed by atoms with Crippen LogP contribution in [0, 0.1) is 5.82 Å². The maximum Gasteiger partial charge on any atom is 0.157 e. The molecule has 1 heterocycles. The molecule has 0 unspecified atom stereocenters. The Morgan fingerprint density at radius 3 is 2.81 bits per heavy atom. The number of aromatic nitrogens is 2. The number of halogens is 2. The van der Waals surface area contributed by atoms with E-state index in [1.165, 1.54) is 12.4 Å². The summed E-state index contributed by atoms with van der Waals surface area (Å²) < 4.78 is 13.3. The fourth-order valence-electron chi connectivity index (χ4n) is 1.96. The molecule has 0 aliphatic rings. The van der Waals surface area contributed by atoms with Crippen LogP contribution in [0.2, 0.25) is 5.15 Å². The summed E-state index contributed by atoms with van der Waals surface area (Å²) in [7, 11) is 1.76. The minimum Gasteiger partial charge on any atom is -0.383 e. The number of hydrogen-bond donors (Lipinski definition) is 2. The van der Waals surface area contributed by atoms with Crippen molar-refractivity contribution in [3.8, 4) is 0 Å². The molecule has 2 aromatic rings. The van der Waals surface area contributed by atoms with Gasteiger partial charge in [-0.25, -0.2) is 14.4 Å². The highest BCUT2D eigenvalue weighted by molar-refractivity contribution is 7.97. The van der Waals surface area contributed by atoms with Crippen LogP contribution in [-0.4, -0.2) is 23.3 Å². The van der Waals surface area contributed by atoms with Gasteiger partial charge >= 0.3 is 0 Å². The zero-order valence-electron chi connectivity index (χ0n) is 11.8. The molecule has 0 saturated carbocycles. The van der Waals surface area contributed by atoms with Crippen molar-refractivity contribution < 1.29 is 4.39 Å². The van der Waals surface area contributed by atoms with Crippen LogP contribution in [0.15, 0.2) is 24.5 Å². The first-order valence-corrected chi connectivity index (χ1v) is 8.11. The second kappa shape index (κ2) is 7.47. The number of hydrogen-bond acceptors (Lipinski definition) is 5. The molecule has 2 N–H and O–H groups in total. The Balaban J connectivity index is 2.18. The summed E-state index contributed by atoms with van der Waals surface area (Å²) in [6, 6.07) is 4.82. The van der Waals surface area contributed by atoms with Crippen LogP contribution < -0.4 is 10.6 Å². The Kier molecular flexibility index (Phi) is 5.64. The molecule has 2 rings (SSSR count). The summed E-state index contributed by atoms with van der Waals surface area (Å²) in [5, 5.41) is 6.53. The van der Waals surface area contributed by atoms with Crippen LogP contribution in [-0.2, 0) is 12.3 Å². The van der Waals surface area contributed by atoms with Crippen LogP contribution in [0.3, 0.4) is 0 Å². The lowest BCUT2D eigenvalue weighted by atomic mass is 10.1. The molecule has 112 valence electrons. The fraction of sp³-hybridized carbons (Fsp3) is 0.286. The largest absolute Gasteiger partial charge is 0.383 e. The number of benzene rings is 1. The van der Waals surface area contributed by atoms with Gasteiger partial charge in [0.1, 0.15) is 17.8 Å². The van der Waals surface area contributed by atoms with Crippen molar-refractivity contribution in [2.24, 2.45) is 0 Å². The van der Waals surface area contributed by atoms with Crippen molar-refractivity contribution >= 4 is 34.9 Å². The first-order chi connectivity index (χ1) is 10.2. The van der Waals surface area contributed by atoms with Gasteiger partial charge in [0.15, 0.2) is 11.0 Å². The van der Waals surface area contributed by atoms with Gasteiger partial charge in [-0.1, -0.05) is 17.7 Å². The zero-order valence-corrected chi connectivity index (χ0v) is 13.4. The van der Waals surface area contributed by atoms with Gasteiger partial charge in [0.25, 0.3) is 0 Å². The van der Waals surface area contributed by atoms with E-state index in [4.69, 9.17) is 11.6 Å². The molecule has 0 fully saturated rings. The zero-order chi connectivity index (χ0) is 15.2. The van der Waals surface area contributed by atoms with Crippen molar-refractivity contribution in [1.29, 1.82) is 0 Å². The van der Waals surface area contributed by atoms with Crippen LogP contribution in [0.4, 0.5) is 15.9 Å². The molecule has 0 saturated heterocycles. The van der Waals surface area contributed by atoms with Gasteiger partial charge in [-0.05, 0) is 29.5 Å². The van der Waals surface area contributed by atoms with E-state index in [1.54, 1.807) is 30.9 Å². The third-order valence-electron chi connectivity index (χ3n) is 2.97. The Labute approximate surface area is 132 Å². The molecule has 0 spiro atoms. The number of rotatable bonds is 6. The van der Waals surface area contributed by atoms with Gasteiger partial charge in [-0.15, -0.1) is 0 Å². The lowest BCUT2D eigenvalue weighted by Crippen LogP contribution is -2.07. The Morgan fingerprint density at radius 2 is 2.10 bits per heavy atom. The van der Waals surface area contributed by atoms with Crippen molar-refractivity contribution in [2.75, 3.05) is 23.9 Å². The van der Waals surface area contributed by atoms with Crippen molar-refractivity contribution in [2.45, 2.75) is 12.3 Å². The first kappa shape index (κ1) is 15.9. The van der Waals surface area contributed by atoms with E-state index in [-0.39, 0.29) is 5.82 Å². The quantitative estimate of drug-likeness (QED) is 0.791. The van der Waals surface area contributed by atoms with Gasteiger partial charge in [-0.2, -0.15) is 11.8 Å². The molecule has 0 bridgehead atoms. The Bertz CT molecular complexity index is 624. The lowest BCUT2D eigenvalue weighted by Gasteiger charge is -2.13. The Hall–Kier alpha value is -1.53. The molecular formula is C14H16ClFN4S. The summed E-state index contributed by atoms with van der Waals surface area (Å²) in [5.41, 5.74) is 2.65. The van der Waals surface area contributed by atoms with E-state index in [0.717, 1.165) is 16.9 Å². The molecule has 4 nitrogen and oxygen atoms in total. The molecule has 7 heteroatoms. The fourth-order valence-corrected chi connectivity index (χ4v) is 2.76. The smallest absolute Gasteiger partial charge is 0.157 e. The van der Waals surface area contributed by atoms with Crippen LogP contribution in [0.25, 0.3) is 0 Å². The van der Waals surface area contributed by atoms with Gasteiger partial charge in [0.2, 0.25) is 0 Å². The molecule has 0 radical (unpaired) electrons. The second-order valence-electron chi connectivity index (χ2n) is 4.34. The highest BCUT2D eigenvalue weighted by atomic mass is 35.5. The lowest BCUT2D eigenvalue weighted by molar-refractivity contribution is 0.625. The molecule has 0 aliphatic heterocycles. The third-order valence-corrected chi connectivity index (χ3v) is 3.85.